The number of furan rings is 1. The number of para-hydroxylation sites is 1. The zero-order valence-electron chi connectivity index (χ0n) is 15.2. The number of hydrogen-bond donors (Lipinski definition) is 1. The van der Waals surface area contributed by atoms with Crippen LogP contribution in [0.1, 0.15) is 51.3 Å². The summed E-state index contributed by atoms with van der Waals surface area (Å²) in [6.07, 6.45) is 4.03. The van der Waals surface area contributed by atoms with E-state index >= 15 is 0 Å². The van der Waals surface area contributed by atoms with Crippen molar-refractivity contribution in [3.8, 4) is 0 Å². The summed E-state index contributed by atoms with van der Waals surface area (Å²) < 4.78 is 5.96. The lowest BCUT2D eigenvalue weighted by atomic mass is 9.93. The van der Waals surface area contributed by atoms with Crippen LogP contribution < -0.4 is 5.32 Å². The quantitative estimate of drug-likeness (QED) is 0.818. The lowest BCUT2D eigenvalue weighted by Crippen LogP contribution is -2.34. The molecule has 1 atom stereocenters. The number of halogens is 1. The van der Waals surface area contributed by atoms with Crippen LogP contribution in [0.4, 0.5) is 0 Å². The number of hydrogen-bond acceptors (Lipinski definition) is 3. The van der Waals surface area contributed by atoms with Crippen molar-refractivity contribution in [3.05, 3.63) is 36.1 Å². The van der Waals surface area contributed by atoms with E-state index in [1.165, 1.54) is 12.8 Å². The Bertz CT molecular complexity index is 646. The minimum atomic E-state index is -0.0251. The molecular formula is C20H29ClN2O2. The molecule has 1 aromatic carbocycles. The number of amides is 1. The first-order valence-corrected chi connectivity index (χ1v) is 9.17. The minimum Gasteiger partial charge on any atom is -0.459 e. The number of benzene rings is 1. The number of piperidine rings is 1. The van der Waals surface area contributed by atoms with Gasteiger partial charge in [0.15, 0.2) is 0 Å². The summed E-state index contributed by atoms with van der Waals surface area (Å²) in [5.41, 5.74) is 0.887. The largest absolute Gasteiger partial charge is 0.459 e. The molecule has 25 heavy (non-hydrogen) atoms. The van der Waals surface area contributed by atoms with Crippen LogP contribution in [-0.4, -0.2) is 30.4 Å². The van der Waals surface area contributed by atoms with E-state index in [4.69, 9.17) is 4.42 Å². The van der Waals surface area contributed by atoms with Gasteiger partial charge in [-0.1, -0.05) is 18.2 Å². The monoisotopic (exact) mass is 364 g/mol. The summed E-state index contributed by atoms with van der Waals surface area (Å²) in [4.78, 5) is 14.7. The zero-order valence-corrected chi connectivity index (χ0v) is 16.0. The molecule has 2 heterocycles. The minimum absolute atomic E-state index is 0. The second kappa shape index (κ2) is 9.25. The summed E-state index contributed by atoms with van der Waals surface area (Å²) in [7, 11) is 0. The van der Waals surface area contributed by atoms with Crippen LogP contribution in [-0.2, 0) is 4.79 Å². The number of nitrogens with one attached hydrogen (secondary N) is 1. The first kappa shape index (κ1) is 19.8. The van der Waals surface area contributed by atoms with E-state index in [9.17, 15) is 4.79 Å². The number of rotatable bonds is 6. The van der Waals surface area contributed by atoms with Crippen LogP contribution in [0, 0.1) is 5.92 Å². The Balaban J connectivity index is 0.00000225. The van der Waals surface area contributed by atoms with Crippen LogP contribution in [0.5, 0.6) is 0 Å². The van der Waals surface area contributed by atoms with Crippen LogP contribution in [0.15, 0.2) is 34.7 Å². The number of carbonyl (C=O) groups excluding carboxylic acids is 1. The van der Waals surface area contributed by atoms with Crippen LogP contribution in [0.2, 0.25) is 0 Å². The first-order chi connectivity index (χ1) is 11.7. The maximum absolute atomic E-state index is 12.7. The van der Waals surface area contributed by atoms with E-state index in [0.717, 1.165) is 36.2 Å². The van der Waals surface area contributed by atoms with Gasteiger partial charge in [-0.25, -0.2) is 0 Å². The fourth-order valence-corrected chi connectivity index (χ4v) is 3.67. The van der Waals surface area contributed by atoms with Gasteiger partial charge >= 0.3 is 0 Å². The van der Waals surface area contributed by atoms with Crippen molar-refractivity contribution in [1.29, 1.82) is 0 Å². The van der Waals surface area contributed by atoms with Gasteiger partial charge in [-0.05, 0) is 64.3 Å². The molecule has 1 fully saturated rings. The summed E-state index contributed by atoms with van der Waals surface area (Å²) >= 11 is 0. The molecule has 0 spiro atoms. The second-order valence-corrected chi connectivity index (χ2v) is 6.77. The van der Waals surface area contributed by atoms with E-state index < -0.39 is 0 Å². The standard InChI is InChI=1S/C20H28N2O2.ClH/c1-3-22(20(23)9-8-16-10-12-21-13-11-16)15(2)19-14-17-6-4-5-7-18(17)24-19;/h4-7,14-16,21H,3,8-13H2,1-2H3;1H. The molecule has 0 saturated carbocycles. The highest BCUT2D eigenvalue weighted by atomic mass is 35.5. The van der Waals surface area contributed by atoms with Gasteiger partial charge in [0.25, 0.3) is 0 Å². The van der Waals surface area contributed by atoms with Gasteiger partial charge < -0.3 is 14.6 Å². The van der Waals surface area contributed by atoms with Crippen LogP contribution in [0.3, 0.4) is 0 Å². The lowest BCUT2D eigenvalue weighted by molar-refractivity contribution is -0.133. The molecule has 3 rings (SSSR count). The fourth-order valence-electron chi connectivity index (χ4n) is 3.67. The Morgan fingerprint density at radius 1 is 1.32 bits per heavy atom. The van der Waals surface area contributed by atoms with Crippen molar-refractivity contribution in [1.82, 2.24) is 10.2 Å². The lowest BCUT2D eigenvalue weighted by Gasteiger charge is -2.28. The Morgan fingerprint density at radius 2 is 2.04 bits per heavy atom. The molecule has 0 bridgehead atoms. The SMILES string of the molecule is CCN(C(=O)CCC1CCNCC1)C(C)c1cc2ccccc2o1.Cl. The molecule has 5 heteroatoms. The third-order valence-electron chi connectivity index (χ3n) is 5.21. The molecule has 0 radical (unpaired) electrons. The van der Waals surface area contributed by atoms with Crippen molar-refractivity contribution in [3.63, 3.8) is 0 Å². The molecule has 1 aliphatic rings. The zero-order chi connectivity index (χ0) is 16.9. The molecule has 1 unspecified atom stereocenters. The van der Waals surface area contributed by atoms with Crippen molar-refractivity contribution in [2.45, 2.75) is 45.6 Å². The van der Waals surface area contributed by atoms with Gasteiger partial charge in [-0.15, -0.1) is 12.4 Å². The predicted octanol–water partition coefficient (Wildman–Crippen LogP) is 4.54. The van der Waals surface area contributed by atoms with Gasteiger partial charge in [0.2, 0.25) is 5.91 Å². The van der Waals surface area contributed by atoms with Crippen molar-refractivity contribution < 1.29 is 9.21 Å². The van der Waals surface area contributed by atoms with Gasteiger partial charge in [-0.2, -0.15) is 0 Å². The Hall–Kier alpha value is -1.52. The summed E-state index contributed by atoms with van der Waals surface area (Å²) in [5.74, 6) is 1.80. The second-order valence-electron chi connectivity index (χ2n) is 6.77. The number of nitrogens with zero attached hydrogens (tertiary/aromatic N) is 1. The van der Waals surface area contributed by atoms with Crippen molar-refractivity contribution in [2.75, 3.05) is 19.6 Å². The molecule has 1 aromatic heterocycles. The average Bonchev–Trinajstić information content (AvgIpc) is 3.05. The first-order valence-electron chi connectivity index (χ1n) is 9.17. The van der Waals surface area contributed by atoms with Crippen LogP contribution >= 0.6 is 12.4 Å². The fraction of sp³-hybridized carbons (Fsp3) is 0.550. The topological polar surface area (TPSA) is 45.5 Å². The smallest absolute Gasteiger partial charge is 0.223 e. The average molecular weight is 365 g/mol. The Kier molecular flexibility index (Phi) is 7.33. The van der Waals surface area contributed by atoms with Crippen LogP contribution in [0.25, 0.3) is 11.0 Å². The highest BCUT2D eigenvalue weighted by Crippen LogP contribution is 2.28. The predicted molar refractivity (Wildman–Crippen MR) is 104 cm³/mol. The maximum Gasteiger partial charge on any atom is 0.223 e. The molecule has 1 aliphatic heterocycles. The Labute approximate surface area is 156 Å². The van der Waals surface area contributed by atoms with E-state index in [1.54, 1.807) is 0 Å². The van der Waals surface area contributed by atoms with Gasteiger partial charge in [0.1, 0.15) is 11.3 Å². The molecular weight excluding hydrogens is 336 g/mol. The van der Waals surface area contributed by atoms with E-state index in [2.05, 4.69) is 18.3 Å². The summed E-state index contributed by atoms with van der Waals surface area (Å²) in [5, 5.41) is 4.48. The third kappa shape index (κ3) is 4.77. The number of fused-ring (bicyclic) bond motifs is 1. The summed E-state index contributed by atoms with van der Waals surface area (Å²) in [6, 6.07) is 10.0. The highest BCUT2D eigenvalue weighted by molar-refractivity contribution is 5.85. The van der Waals surface area contributed by atoms with E-state index in [0.29, 0.717) is 18.9 Å². The molecule has 1 saturated heterocycles. The van der Waals surface area contributed by atoms with Crippen molar-refractivity contribution in [2.24, 2.45) is 5.92 Å². The molecule has 1 N–H and O–H groups in total. The normalized spacial score (nSPS) is 16.4. The van der Waals surface area contributed by atoms with E-state index in [1.807, 2.05) is 36.1 Å². The van der Waals surface area contributed by atoms with Gasteiger partial charge in [-0.3, -0.25) is 4.79 Å². The summed E-state index contributed by atoms with van der Waals surface area (Å²) in [6.45, 7) is 6.99. The number of carbonyl (C=O) groups is 1. The van der Waals surface area contributed by atoms with Gasteiger partial charge in [0, 0.05) is 18.4 Å². The van der Waals surface area contributed by atoms with E-state index in [-0.39, 0.29) is 24.4 Å². The highest BCUT2D eigenvalue weighted by Gasteiger charge is 2.24. The molecule has 1 amide bonds. The van der Waals surface area contributed by atoms with Gasteiger partial charge in [0.05, 0.1) is 6.04 Å². The third-order valence-corrected chi connectivity index (χ3v) is 5.21. The molecule has 4 nitrogen and oxygen atoms in total. The Morgan fingerprint density at radius 3 is 2.72 bits per heavy atom. The molecule has 138 valence electrons. The maximum atomic E-state index is 12.7. The molecule has 0 aliphatic carbocycles. The van der Waals surface area contributed by atoms with Crippen molar-refractivity contribution >= 4 is 29.3 Å². The molecule has 2 aromatic rings.